The Balaban J connectivity index is 1.54. The van der Waals surface area contributed by atoms with Gasteiger partial charge in [-0.15, -0.1) is 0 Å². The summed E-state index contributed by atoms with van der Waals surface area (Å²) in [4.78, 5) is 16.0. The van der Waals surface area contributed by atoms with Crippen LogP contribution in [0.15, 0.2) is 28.8 Å². The van der Waals surface area contributed by atoms with Crippen LogP contribution in [0.5, 0.6) is 0 Å². The Morgan fingerprint density at radius 1 is 1.26 bits per heavy atom. The van der Waals surface area contributed by atoms with Gasteiger partial charge in [-0.1, -0.05) is 42.8 Å². The second kappa shape index (κ2) is 7.40. The van der Waals surface area contributed by atoms with Crippen molar-refractivity contribution in [3.8, 4) is 11.4 Å². The number of carbonyl (C=O) groups is 1. The molecular weight excluding hydrogens is 290 g/mol. The zero-order chi connectivity index (χ0) is 16.1. The zero-order valence-corrected chi connectivity index (χ0v) is 13.5. The summed E-state index contributed by atoms with van der Waals surface area (Å²) < 4.78 is 5.24. The average Bonchev–Trinajstić information content (AvgIpc) is 3.25. The number of aryl methyl sites for hydroxylation is 2. The van der Waals surface area contributed by atoms with Crippen molar-refractivity contribution in [1.29, 1.82) is 0 Å². The molecule has 0 spiro atoms. The van der Waals surface area contributed by atoms with Crippen LogP contribution in [0.3, 0.4) is 0 Å². The van der Waals surface area contributed by atoms with Gasteiger partial charge in [0, 0.05) is 24.4 Å². The second-order valence-corrected chi connectivity index (χ2v) is 6.15. The van der Waals surface area contributed by atoms with E-state index in [9.17, 15) is 4.79 Å². The van der Waals surface area contributed by atoms with E-state index in [1.165, 1.54) is 18.4 Å². The first-order valence-electron chi connectivity index (χ1n) is 8.46. The van der Waals surface area contributed by atoms with E-state index >= 15 is 0 Å². The highest BCUT2D eigenvalue weighted by molar-refractivity contribution is 5.76. The summed E-state index contributed by atoms with van der Waals surface area (Å²) in [5, 5.41) is 6.97. The van der Waals surface area contributed by atoms with Crippen molar-refractivity contribution in [3.63, 3.8) is 0 Å². The lowest BCUT2D eigenvalue weighted by atomic mass is 10.1. The van der Waals surface area contributed by atoms with Crippen LogP contribution in [-0.2, 0) is 17.6 Å². The minimum Gasteiger partial charge on any atom is -0.353 e. The summed E-state index contributed by atoms with van der Waals surface area (Å²) in [5.74, 6) is 1.16. The van der Waals surface area contributed by atoms with Gasteiger partial charge in [0.05, 0.1) is 0 Å². The Kier molecular flexibility index (Phi) is 5.05. The second-order valence-electron chi connectivity index (χ2n) is 6.15. The van der Waals surface area contributed by atoms with E-state index in [1.54, 1.807) is 0 Å². The summed E-state index contributed by atoms with van der Waals surface area (Å²) in [7, 11) is 0. The smallest absolute Gasteiger partial charge is 0.227 e. The van der Waals surface area contributed by atoms with Gasteiger partial charge in [-0.25, -0.2) is 0 Å². The molecule has 1 N–H and O–H groups in total. The van der Waals surface area contributed by atoms with Crippen molar-refractivity contribution < 1.29 is 9.32 Å². The molecule has 1 aromatic heterocycles. The molecule has 5 heteroatoms. The summed E-state index contributed by atoms with van der Waals surface area (Å²) in [6.07, 6.45) is 6.59. The van der Waals surface area contributed by atoms with E-state index in [0.29, 0.717) is 30.6 Å². The lowest BCUT2D eigenvalue weighted by molar-refractivity contribution is -0.121. The Labute approximate surface area is 136 Å². The van der Waals surface area contributed by atoms with E-state index in [0.717, 1.165) is 24.8 Å². The van der Waals surface area contributed by atoms with Gasteiger partial charge in [-0.2, -0.15) is 4.98 Å². The molecule has 1 aromatic carbocycles. The van der Waals surface area contributed by atoms with Crippen molar-refractivity contribution in [1.82, 2.24) is 15.5 Å². The first-order valence-corrected chi connectivity index (χ1v) is 8.46. The Morgan fingerprint density at radius 2 is 2.04 bits per heavy atom. The number of nitrogens with one attached hydrogen (secondary N) is 1. The lowest BCUT2D eigenvalue weighted by Crippen LogP contribution is -2.25. The number of carbonyl (C=O) groups excluding carboxylic acids is 1. The first-order chi connectivity index (χ1) is 11.2. The fraction of sp³-hybridized carbons (Fsp3) is 0.500. The quantitative estimate of drug-likeness (QED) is 0.812. The van der Waals surface area contributed by atoms with Gasteiger partial charge in [-0.3, -0.25) is 4.79 Å². The molecule has 1 aliphatic rings. The molecule has 0 aliphatic heterocycles. The maximum Gasteiger partial charge on any atom is 0.227 e. The minimum atomic E-state index is 0.0625. The fourth-order valence-electron chi connectivity index (χ4n) is 2.42. The van der Waals surface area contributed by atoms with Crippen molar-refractivity contribution in [2.45, 2.75) is 57.9 Å². The molecule has 1 aliphatic carbocycles. The number of nitrogens with zero attached hydrogens (tertiary/aromatic N) is 2. The molecule has 5 nitrogen and oxygen atoms in total. The monoisotopic (exact) mass is 313 g/mol. The highest BCUT2D eigenvalue weighted by atomic mass is 16.5. The number of rotatable bonds is 8. The average molecular weight is 313 g/mol. The third-order valence-corrected chi connectivity index (χ3v) is 4.01. The van der Waals surface area contributed by atoms with E-state index < -0.39 is 0 Å². The van der Waals surface area contributed by atoms with Crippen LogP contribution in [0.2, 0.25) is 0 Å². The van der Waals surface area contributed by atoms with Crippen LogP contribution >= 0.6 is 0 Å². The maximum absolute atomic E-state index is 11.7. The zero-order valence-electron chi connectivity index (χ0n) is 13.5. The van der Waals surface area contributed by atoms with Gasteiger partial charge >= 0.3 is 0 Å². The summed E-state index contributed by atoms with van der Waals surface area (Å²) in [5.41, 5.74) is 2.28. The van der Waals surface area contributed by atoms with E-state index in [1.807, 2.05) is 12.1 Å². The molecule has 0 bridgehead atoms. The van der Waals surface area contributed by atoms with Gasteiger partial charge in [0.25, 0.3) is 0 Å². The molecular formula is C18H23N3O2. The number of hydrogen-bond acceptors (Lipinski definition) is 4. The molecule has 2 aromatic rings. The first kappa shape index (κ1) is 15.7. The lowest BCUT2D eigenvalue weighted by Gasteiger charge is -2.00. The van der Waals surface area contributed by atoms with Crippen molar-refractivity contribution in [2.75, 3.05) is 0 Å². The third kappa shape index (κ3) is 4.65. The fourth-order valence-corrected chi connectivity index (χ4v) is 2.42. The highest BCUT2D eigenvalue weighted by Gasteiger charge is 2.23. The van der Waals surface area contributed by atoms with Gasteiger partial charge in [0.2, 0.25) is 17.6 Å². The predicted octanol–water partition coefficient (Wildman–Crippen LogP) is 3.29. The largest absolute Gasteiger partial charge is 0.353 e. The molecule has 1 saturated carbocycles. The topological polar surface area (TPSA) is 68.0 Å². The van der Waals surface area contributed by atoms with Crippen molar-refractivity contribution in [3.05, 3.63) is 35.7 Å². The molecule has 122 valence electrons. The summed E-state index contributed by atoms with van der Waals surface area (Å²) >= 11 is 0. The van der Waals surface area contributed by atoms with Gasteiger partial charge < -0.3 is 9.84 Å². The maximum atomic E-state index is 11.7. The molecule has 1 heterocycles. The van der Waals surface area contributed by atoms with Crippen LogP contribution in [-0.4, -0.2) is 22.1 Å². The Hall–Kier alpha value is -2.17. The van der Waals surface area contributed by atoms with E-state index in [2.05, 4.69) is 34.5 Å². The van der Waals surface area contributed by atoms with Gasteiger partial charge in [-0.05, 0) is 31.2 Å². The summed E-state index contributed by atoms with van der Waals surface area (Å²) in [6.45, 7) is 2.19. The number of hydrogen-bond donors (Lipinski definition) is 1. The number of amides is 1. The molecule has 1 amide bonds. The van der Waals surface area contributed by atoms with Crippen molar-refractivity contribution >= 4 is 5.91 Å². The Morgan fingerprint density at radius 3 is 2.74 bits per heavy atom. The van der Waals surface area contributed by atoms with Gasteiger partial charge in [0.15, 0.2) is 0 Å². The predicted molar refractivity (Wildman–Crippen MR) is 87.8 cm³/mol. The molecule has 0 atom stereocenters. The number of unbranched alkanes of at least 4 members (excludes halogenated alkanes) is 1. The van der Waals surface area contributed by atoms with Crippen LogP contribution in [0, 0.1) is 0 Å². The van der Waals surface area contributed by atoms with Crippen molar-refractivity contribution in [2.24, 2.45) is 0 Å². The molecule has 0 unspecified atom stereocenters. The highest BCUT2D eigenvalue weighted by Crippen LogP contribution is 2.20. The Bertz CT molecular complexity index is 645. The SMILES string of the molecule is CCCCc1ccc(-c2noc(CCC(=O)NC3CC3)n2)cc1. The number of benzene rings is 1. The number of aromatic nitrogens is 2. The van der Waals surface area contributed by atoms with Crippen LogP contribution in [0.4, 0.5) is 0 Å². The standard InChI is InChI=1S/C18H23N3O2/c1-2-3-4-13-5-7-14(8-6-13)18-20-17(23-21-18)12-11-16(22)19-15-9-10-15/h5-8,15H,2-4,9-12H2,1H3,(H,19,22). The normalized spacial score (nSPS) is 14.0. The minimum absolute atomic E-state index is 0.0625. The molecule has 3 rings (SSSR count). The molecule has 23 heavy (non-hydrogen) atoms. The molecule has 1 fully saturated rings. The van der Waals surface area contributed by atoms with Crippen LogP contribution in [0.25, 0.3) is 11.4 Å². The third-order valence-electron chi connectivity index (χ3n) is 4.01. The van der Waals surface area contributed by atoms with Crippen LogP contribution < -0.4 is 5.32 Å². The van der Waals surface area contributed by atoms with E-state index in [4.69, 9.17) is 4.52 Å². The molecule has 0 radical (unpaired) electrons. The summed E-state index contributed by atoms with van der Waals surface area (Å²) in [6, 6.07) is 8.68. The molecule has 0 saturated heterocycles. The van der Waals surface area contributed by atoms with E-state index in [-0.39, 0.29) is 5.91 Å². The van der Waals surface area contributed by atoms with Gasteiger partial charge in [0.1, 0.15) is 0 Å². The van der Waals surface area contributed by atoms with Crippen LogP contribution in [0.1, 0.15) is 50.5 Å².